The Morgan fingerprint density at radius 1 is 1.12 bits per heavy atom. The lowest BCUT2D eigenvalue weighted by molar-refractivity contribution is -0.129. The van der Waals surface area contributed by atoms with E-state index in [2.05, 4.69) is 16.0 Å². The van der Waals surface area contributed by atoms with Gasteiger partial charge in [0.25, 0.3) is 0 Å². The molecule has 3 rings (SSSR count). The Balaban J connectivity index is 1.69. The molecule has 1 aromatic carbocycles. The van der Waals surface area contributed by atoms with Crippen LogP contribution in [0, 0.1) is 17.3 Å². The molecule has 0 bridgehead atoms. The average molecular weight is 474 g/mol. The van der Waals surface area contributed by atoms with Gasteiger partial charge >= 0.3 is 6.09 Å². The van der Waals surface area contributed by atoms with Gasteiger partial charge in [-0.2, -0.15) is 0 Å². The van der Waals surface area contributed by atoms with Crippen LogP contribution < -0.4 is 16.0 Å². The highest BCUT2D eigenvalue weighted by Crippen LogP contribution is 2.41. The molecule has 3 atom stereocenters. The van der Waals surface area contributed by atoms with Gasteiger partial charge in [-0.1, -0.05) is 63.4 Å². The number of carbonyl (C=O) groups excluding carboxylic acids is 3. The Labute approximate surface area is 202 Å². The minimum atomic E-state index is -0.828. The number of nitrogens with one attached hydrogen (secondary N) is 3. The maximum absolute atomic E-state index is 13.5. The van der Waals surface area contributed by atoms with Gasteiger partial charge in [0.1, 0.15) is 12.6 Å². The van der Waals surface area contributed by atoms with E-state index in [1.165, 1.54) is 6.42 Å². The van der Waals surface area contributed by atoms with Crippen molar-refractivity contribution >= 4 is 17.9 Å². The van der Waals surface area contributed by atoms with Crippen molar-refractivity contribution in [1.29, 1.82) is 0 Å². The quantitative estimate of drug-likeness (QED) is 0.417. The van der Waals surface area contributed by atoms with Gasteiger partial charge in [0, 0.05) is 12.5 Å². The number of rotatable bonds is 10. The van der Waals surface area contributed by atoms with Gasteiger partial charge in [-0.25, -0.2) is 4.79 Å². The molecular formula is C26H39N3O5. The van der Waals surface area contributed by atoms with E-state index < -0.39 is 23.6 Å². The number of hydrogen-bond donors (Lipinski definition) is 4. The van der Waals surface area contributed by atoms with Crippen molar-refractivity contribution in [3.05, 3.63) is 35.9 Å². The predicted octanol–water partition coefficient (Wildman–Crippen LogP) is 2.89. The van der Waals surface area contributed by atoms with Crippen LogP contribution in [0.2, 0.25) is 0 Å². The Morgan fingerprint density at radius 2 is 1.82 bits per heavy atom. The molecule has 1 aliphatic carbocycles. The number of aliphatic hydroxyl groups excluding tert-OH is 1. The number of carbonyl (C=O) groups is 3. The van der Waals surface area contributed by atoms with Gasteiger partial charge in [-0.15, -0.1) is 0 Å². The summed E-state index contributed by atoms with van der Waals surface area (Å²) in [5.41, 5.74) is 0.349. The fourth-order valence-corrected chi connectivity index (χ4v) is 5.23. The number of amides is 3. The molecule has 1 heterocycles. The van der Waals surface area contributed by atoms with Crippen molar-refractivity contribution in [3.8, 4) is 0 Å². The maximum atomic E-state index is 13.5. The summed E-state index contributed by atoms with van der Waals surface area (Å²) in [5.74, 6) is -0.357. The number of hydrogen-bond acceptors (Lipinski definition) is 5. The van der Waals surface area contributed by atoms with Crippen LogP contribution in [0.25, 0.3) is 0 Å². The first kappa shape index (κ1) is 26.0. The van der Waals surface area contributed by atoms with E-state index in [0.717, 1.165) is 31.2 Å². The minimum absolute atomic E-state index is 0.0469. The third-order valence-corrected chi connectivity index (χ3v) is 7.44. The summed E-state index contributed by atoms with van der Waals surface area (Å²) in [6.45, 7) is 4.49. The monoisotopic (exact) mass is 473 g/mol. The van der Waals surface area contributed by atoms with Crippen LogP contribution in [-0.4, -0.2) is 48.2 Å². The Morgan fingerprint density at radius 3 is 2.44 bits per heavy atom. The Hall–Kier alpha value is -2.61. The zero-order valence-electron chi connectivity index (χ0n) is 20.3. The second kappa shape index (κ2) is 12.2. The summed E-state index contributed by atoms with van der Waals surface area (Å²) in [4.78, 5) is 38.2. The van der Waals surface area contributed by atoms with E-state index >= 15 is 0 Å². The molecule has 8 nitrogen and oxygen atoms in total. The number of benzene rings is 1. The third kappa shape index (κ3) is 6.95. The zero-order chi connectivity index (χ0) is 24.6. The lowest BCUT2D eigenvalue weighted by Crippen LogP contribution is -2.59. The molecule has 1 aromatic rings. The topological polar surface area (TPSA) is 117 Å². The highest BCUT2D eigenvalue weighted by Gasteiger charge is 2.43. The van der Waals surface area contributed by atoms with Gasteiger partial charge < -0.3 is 25.8 Å². The molecule has 2 aliphatic rings. The molecule has 188 valence electrons. The van der Waals surface area contributed by atoms with Gasteiger partial charge in [-0.05, 0) is 42.6 Å². The second-order valence-electron chi connectivity index (χ2n) is 10.2. The van der Waals surface area contributed by atoms with Crippen LogP contribution in [-0.2, 0) is 20.9 Å². The summed E-state index contributed by atoms with van der Waals surface area (Å²) < 4.78 is 5.41. The standard InChI is InChI=1S/C26H39N3O5/c1-26(2,20-11-7-4-8-12-20)22(29-25(33)34-17-18-9-5-3-6-10-18)24(32)28-21(16-30)15-19-13-14-27-23(19)31/h3,5-6,9-10,19-22,30H,4,7-8,11-17H2,1-2H3,(H,27,31)(H,28,32)(H,29,33). The van der Waals surface area contributed by atoms with Gasteiger partial charge in [0.2, 0.25) is 11.8 Å². The van der Waals surface area contributed by atoms with Crippen LogP contribution in [0.4, 0.5) is 4.79 Å². The Kier molecular flexibility index (Phi) is 9.33. The molecule has 8 heteroatoms. The number of aliphatic hydroxyl groups is 1. The first-order valence-electron chi connectivity index (χ1n) is 12.5. The van der Waals surface area contributed by atoms with Crippen molar-refractivity contribution in [2.24, 2.45) is 17.3 Å². The lowest BCUT2D eigenvalue weighted by Gasteiger charge is -2.42. The summed E-state index contributed by atoms with van der Waals surface area (Å²) in [6.07, 6.45) is 5.81. The van der Waals surface area contributed by atoms with Crippen LogP contribution in [0.3, 0.4) is 0 Å². The van der Waals surface area contributed by atoms with E-state index in [-0.39, 0.29) is 36.9 Å². The molecule has 0 radical (unpaired) electrons. The zero-order valence-corrected chi connectivity index (χ0v) is 20.3. The van der Waals surface area contributed by atoms with E-state index in [1.807, 2.05) is 44.2 Å². The molecular weight excluding hydrogens is 434 g/mol. The van der Waals surface area contributed by atoms with Crippen LogP contribution in [0.5, 0.6) is 0 Å². The molecule has 1 saturated heterocycles. The molecule has 0 spiro atoms. The fourth-order valence-electron chi connectivity index (χ4n) is 5.23. The molecule has 34 heavy (non-hydrogen) atoms. The fraction of sp³-hybridized carbons (Fsp3) is 0.654. The summed E-state index contributed by atoms with van der Waals surface area (Å²) in [7, 11) is 0. The van der Waals surface area contributed by atoms with Crippen molar-refractivity contribution in [1.82, 2.24) is 16.0 Å². The molecule has 3 unspecified atom stereocenters. The Bertz CT molecular complexity index is 823. The van der Waals surface area contributed by atoms with E-state index in [0.29, 0.717) is 19.4 Å². The SMILES string of the molecule is CC(C)(C1CCCCC1)C(NC(=O)OCc1ccccc1)C(=O)NC(CO)CC1CCNC1=O. The second-order valence-corrected chi connectivity index (χ2v) is 10.2. The largest absolute Gasteiger partial charge is 0.445 e. The normalized spacial score (nSPS) is 20.8. The van der Waals surface area contributed by atoms with Crippen molar-refractivity contribution in [2.75, 3.05) is 13.2 Å². The maximum Gasteiger partial charge on any atom is 0.408 e. The number of ether oxygens (including phenoxy) is 1. The number of alkyl carbamates (subject to hydrolysis) is 1. The minimum Gasteiger partial charge on any atom is -0.445 e. The van der Waals surface area contributed by atoms with Crippen molar-refractivity contribution < 1.29 is 24.2 Å². The molecule has 3 amide bonds. The van der Waals surface area contributed by atoms with Gasteiger partial charge in [0.15, 0.2) is 0 Å². The predicted molar refractivity (Wildman–Crippen MR) is 129 cm³/mol. The first-order chi connectivity index (χ1) is 16.3. The highest BCUT2D eigenvalue weighted by atomic mass is 16.5. The van der Waals surface area contributed by atoms with Crippen molar-refractivity contribution in [3.63, 3.8) is 0 Å². The summed E-state index contributed by atoms with van der Waals surface area (Å²) in [5, 5.41) is 18.4. The molecule has 2 fully saturated rings. The highest BCUT2D eigenvalue weighted by molar-refractivity contribution is 5.87. The molecule has 0 aromatic heterocycles. The molecule has 1 saturated carbocycles. The summed E-state index contributed by atoms with van der Waals surface area (Å²) in [6, 6.07) is 7.99. The van der Waals surface area contributed by atoms with Gasteiger partial charge in [0.05, 0.1) is 12.6 Å². The van der Waals surface area contributed by atoms with E-state index in [1.54, 1.807) is 0 Å². The van der Waals surface area contributed by atoms with Crippen LogP contribution in [0.1, 0.15) is 64.4 Å². The summed E-state index contributed by atoms with van der Waals surface area (Å²) >= 11 is 0. The van der Waals surface area contributed by atoms with Crippen molar-refractivity contribution in [2.45, 2.75) is 77.5 Å². The third-order valence-electron chi connectivity index (χ3n) is 7.44. The lowest BCUT2D eigenvalue weighted by atomic mass is 9.66. The van der Waals surface area contributed by atoms with E-state index in [9.17, 15) is 19.5 Å². The average Bonchev–Trinajstić information content (AvgIpc) is 3.25. The van der Waals surface area contributed by atoms with Gasteiger partial charge in [-0.3, -0.25) is 9.59 Å². The van der Waals surface area contributed by atoms with Crippen LogP contribution >= 0.6 is 0 Å². The first-order valence-corrected chi connectivity index (χ1v) is 12.5. The smallest absolute Gasteiger partial charge is 0.408 e. The molecule has 4 N–H and O–H groups in total. The molecule has 1 aliphatic heterocycles. The van der Waals surface area contributed by atoms with Crippen LogP contribution in [0.15, 0.2) is 30.3 Å². The van der Waals surface area contributed by atoms with E-state index in [4.69, 9.17) is 4.74 Å².